The Kier molecular flexibility index (Phi) is 4.64. The molecular weight excluding hydrogens is 320 g/mol. The van der Waals surface area contributed by atoms with Crippen LogP contribution < -0.4 is 10.5 Å². The van der Waals surface area contributed by atoms with Crippen LogP contribution in [0.5, 0.6) is 11.5 Å². The van der Waals surface area contributed by atoms with Crippen molar-refractivity contribution in [3.05, 3.63) is 42.0 Å². The zero-order chi connectivity index (χ0) is 16.3. The van der Waals surface area contributed by atoms with Crippen LogP contribution in [0.4, 0.5) is 5.69 Å². The summed E-state index contributed by atoms with van der Waals surface area (Å²) in [6.45, 7) is 1.83. The molecule has 0 fully saturated rings. The van der Waals surface area contributed by atoms with Gasteiger partial charge in [-0.1, -0.05) is 0 Å². The molecule has 2 N–H and O–H groups in total. The molecule has 2 aromatic rings. The second-order valence-electron chi connectivity index (χ2n) is 4.69. The van der Waals surface area contributed by atoms with Gasteiger partial charge < -0.3 is 10.5 Å². The summed E-state index contributed by atoms with van der Waals surface area (Å²) in [5.41, 5.74) is 7.27. The van der Waals surface area contributed by atoms with E-state index in [1.807, 2.05) is 18.4 Å². The average molecular weight is 334 g/mol. The third-order valence-electron chi connectivity index (χ3n) is 2.97. The fourth-order valence-corrected chi connectivity index (χ4v) is 2.95. The Bertz CT molecular complexity index is 838. The molecule has 0 spiro atoms. The molecule has 7 heteroatoms. The lowest BCUT2D eigenvalue weighted by Gasteiger charge is -2.12. The van der Waals surface area contributed by atoms with Gasteiger partial charge in [-0.05, 0) is 60.6 Å². The second kappa shape index (κ2) is 6.30. The van der Waals surface area contributed by atoms with Gasteiger partial charge in [0.15, 0.2) is 15.6 Å². The number of nitriles is 1. The van der Waals surface area contributed by atoms with E-state index in [1.165, 1.54) is 12.1 Å². The molecule has 0 bridgehead atoms. The maximum Gasteiger partial charge on any atom is 0.175 e. The van der Waals surface area contributed by atoms with Crippen molar-refractivity contribution in [2.75, 3.05) is 12.0 Å². The fraction of sp³-hybridized carbons (Fsp3) is 0.133. The second-order valence-corrected chi connectivity index (χ2v) is 7.56. The Morgan fingerprint density at radius 2 is 1.86 bits per heavy atom. The maximum absolute atomic E-state index is 11.4. The maximum atomic E-state index is 11.4. The minimum absolute atomic E-state index is 0.220. The number of nitrogens with two attached hydrogens (primary N) is 1. The standard InChI is InChI=1S/C15H14N2O3S2/c1-10-7-12(21-9-16)8-14(15(10)17)20-11-3-5-13(6-4-11)22(2,18)19/h3-8H,17H2,1-2H3. The zero-order valence-electron chi connectivity index (χ0n) is 12.0. The summed E-state index contributed by atoms with van der Waals surface area (Å²) in [5, 5.41) is 10.8. The summed E-state index contributed by atoms with van der Waals surface area (Å²) in [4.78, 5) is 0.953. The van der Waals surface area contributed by atoms with Gasteiger partial charge >= 0.3 is 0 Å². The van der Waals surface area contributed by atoms with Gasteiger partial charge in [-0.3, -0.25) is 0 Å². The molecular formula is C15H14N2O3S2. The average Bonchev–Trinajstić information content (AvgIpc) is 2.44. The molecule has 114 valence electrons. The highest BCUT2D eigenvalue weighted by atomic mass is 32.2. The number of benzene rings is 2. The van der Waals surface area contributed by atoms with Crippen molar-refractivity contribution in [3.63, 3.8) is 0 Å². The summed E-state index contributed by atoms with van der Waals surface area (Å²) in [7, 11) is -3.24. The van der Waals surface area contributed by atoms with E-state index in [2.05, 4.69) is 0 Å². The fourth-order valence-electron chi connectivity index (χ4n) is 1.81. The number of nitrogens with zero attached hydrogens (tertiary/aromatic N) is 1. The van der Waals surface area contributed by atoms with Gasteiger partial charge in [-0.25, -0.2) is 8.42 Å². The van der Waals surface area contributed by atoms with Crippen molar-refractivity contribution >= 4 is 27.3 Å². The Morgan fingerprint density at radius 3 is 2.41 bits per heavy atom. The molecule has 2 aromatic carbocycles. The normalized spacial score (nSPS) is 11.0. The van der Waals surface area contributed by atoms with Crippen LogP contribution in [0.25, 0.3) is 0 Å². The van der Waals surface area contributed by atoms with Crippen LogP contribution in [0.1, 0.15) is 5.56 Å². The molecule has 22 heavy (non-hydrogen) atoms. The highest BCUT2D eigenvalue weighted by Gasteiger charge is 2.10. The Morgan fingerprint density at radius 1 is 1.23 bits per heavy atom. The van der Waals surface area contributed by atoms with Crippen molar-refractivity contribution < 1.29 is 13.2 Å². The minimum atomic E-state index is -3.24. The van der Waals surface area contributed by atoms with Crippen LogP contribution in [-0.4, -0.2) is 14.7 Å². The quantitative estimate of drug-likeness (QED) is 0.523. The third-order valence-corrected chi connectivity index (χ3v) is 4.66. The first-order chi connectivity index (χ1) is 10.3. The van der Waals surface area contributed by atoms with Gasteiger partial charge in [0.25, 0.3) is 0 Å². The third kappa shape index (κ3) is 3.72. The van der Waals surface area contributed by atoms with Crippen LogP contribution >= 0.6 is 11.8 Å². The van der Waals surface area contributed by atoms with Gasteiger partial charge in [0.1, 0.15) is 11.2 Å². The largest absolute Gasteiger partial charge is 0.455 e. The van der Waals surface area contributed by atoms with Crippen molar-refractivity contribution in [2.24, 2.45) is 0 Å². The minimum Gasteiger partial charge on any atom is -0.455 e. The molecule has 0 radical (unpaired) electrons. The predicted molar refractivity (Wildman–Crippen MR) is 86.7 cm³/mol. The number of thiocyanates is 1. The molecule has 0 atom stereocenters. The number of hydrogen-bond donors (Lipinski definition) is 1. The molecule has 0 aromatic heterocycles. The van der Waals surface area contributed by atoms with Gasteiger partial charge in [0, 0.05) is 11.2 Å². The van der Waals surface area contributed by atoms with E-state index in [0.29, 0.717) is 17.2 Å². The highest BCUT2D eigenvalue weighted by Crippen LogP contribution is 2.34. The first kappa shape index (κ1) is 16.2. The van der Waals surface area contributed by atoms with Crippen molar-refractivity contribution in [1.29, 1.82) is 5.26 Å². The first-order valence-corrected chi connectivity index (χ1v) is 8.96. The summed E-state index contributed by atoms with van der Waals surface area (Å²) < 4.78 is 28.5. The summed E-state index contributed by atoms with van der Waals surface area (Å²) in [6, 6.07) is 9.57. The van der Waals surface area contributed by atoms with Gasteiger partial charge in [-0.2, -0.15) is 5.26 Å². The van der Waals surface area contributed by atoms with Crippen LogP contribution in [0.2, 0.25) is 0 Å². The molecule has 0 saturated carbocycles. The van der Waals surface area contributed by atoms with Crippen LogP contribution in [0.15, 0.2) is 46.2 Å². The van der Waals surface area contributed by atoms with Gasteiger partial charge in [0.05, 0.1) is 10.6 Å². The smallest absolute Gasteiger partial charge is 0.175 e. The molecule has 0 heterocycles. The lowest BCUT2D eigenvalue weighted by atomic mass is 10.2. The summed E-state index contributed by atoms with van der Waals surface area (Å²) in [6.07, 6.45) is 1.15. The van der Waals surface area contributed by atoms with Crippen LogP contribution in [-0.2, 0) is 9.84 Å². The lowest BCUT2D eigenvalue weighted by Crippen LogP contribution is -1.98. The molecule has 0 unspecified atom stereocenters. The van der Waals surface area contributed by atoms with Crippen LogP contribution in [0.3, 0.4) is 0 Å². The molecule has 0 saturated heterocycles. The zero-order valence-corrected chi connectivity index (χ0v) is 13.7. The highest BCUT2D eigenvalue weighted by molar-refractivity contribution is 8.03. The van der Waals surface area contributed by atoms with Crippen molar-refractivity contribution in [1.82, 2.24) is 0 Å². The molecule has 5 nitrogen and oxygen atoms in total. The van der Waals surface area contributed by atoms with Gasteiger partial charge in [-0.15, -0.1) is 0 Å². The van der Waals surface area contributed by atoms with E-state index < -0.39 is 9.84 Å². The molecule has 0 aliphatic rings. The number of ether oxygens (including phenoxy) is 1. The molecule has 0 aliphatic carbocycles. The SMILES string of the molecule is Cc1cc(SC#N)cc(Oc2ccc(S(C)(=O)=O)cc2)c1N. The molecule has 2 rings (SSSR count). The van der Waals surface area contributed by atoms with E-state index in [0.717, 1.165) is 28.5 Å². The van der Waals surface area contributed by atoms with E-state index in [1.54, 1.807) is 18.2 Å². The monoisotopic (exact) mass is 334 g/mol. The predicted octanol–water partition coefficient (Wildman–Crippen LogP) is 3.35. The number of thioether (sulfide) groups is 1. The number of sulfone groups is 1. The number of aryl methyl sites for hydroxylation is 1. The van der Waals surface area contributed by atoms with E-state index >= 15 is 0 Å². The Hall–Kier alpha value is -2.17. The van der Waals surface area contributed by atoms with E-state index in [9.17, 15) is 8.42 Å². The number of anilines is 1. The topological polar surface area (TPSA) is 93.2 Å². The molecule has 0 aliphatic heterocycles. The summed E-state index contributed by atoms with van der Waals surface area (Å²) in [5.74, 6) is 0.905. The Balaban J connectivity index is 2.33. The lowest BCUT2D eigenvalue weighted by molar-refractivity contribution is 0.483. The Labute approximate surface area is 133 Å². The first-order valence-electron chi connectivity index (χ1n) is 6.25. The summed E-state index contributed by atoms with van der Waals surface area (Å²) >= 11 is 1.02. The number of nitrogen functional groups attached to an aromatic ring is 1. The van der Waals surface area contributed by atoms with E-state index in [-0.39, 0.29) is 4.90 Å². The van der Waals surface area contributed by atoms with Crippen molar-refractivity contribution in [2.45, 2.75) is 16.7 Å². The van der Waals surface area contributed by atoms with E-state index in [4.69, 9.17) is 15.7 Å². The molecule has 0 amide bonds. The van der Waals surface area contributed by atoms with Gasteiger partial charge in [0.2, 0.25) is 0 Å². The number of hydrogen-bond acceptors (Lipinski definition) is 6. The number of rotatable bonds is 4. The van der Waals surface area contributed by atoms with Crippen molar-refractivity contribution in [3.8, 4) is 16.9 Å². The van der Waals surface area contributed by atoms with Crippen LogP contribution in [0, 0.1) is 17.6 Å².